The molecule has 0 saturated heterocycles. The first-order chi connectivity index (χ1) is 7.38. The molecule has 0 amide bonds. The number of pyridine rings is 1. The van der Waals surface area contributed by atoms with Gasteiger partial charge in [-0.1, -0.05) is 11.6 Å². The average molecular weight is 256 g/mol. The molecule has 0 bridgehead atoms. The summed E-state index contributed by atoms with van der Waals surface area (Å²) in [5, 5.41) is 0.854. The van der Waals surface area contributed by atoms with Crippen LogP contribution in [0.1, 0.15) is 11.1 Å². The fourth-order valence-electron chi connectivity index (χ4n) is 1.60. The summed E-state index contributed by atoms with van der Waals surface area (Å²) in [6.45, 7) is 3.82. The monoisotopic (exact) mass is 255 g/mol. The van der Waals surface area contributed by atoms with Crippen molar-refractivity contribution >= 4 is 30.6 Å². The molecule has 0 radical (unpaired) electrons. The molecule has 2 rings (SSSR count). The smallest absolute Gasteiger partial charge is 0.235 e. The first kappa shape index (κ1) is 11.4. The average Bonchev–Trinajstić information content (AvgIpc) is 2.17. The molecule has 2 aromatic rings. The van der Waals surface area contributed by atoms with Crippen LogP contribution in [0.15, 0.2) is 29.3 Å². The van der Waals surface area contributed by atoms with Gasteiger partial charge in [0.1, 0.15) is 0 Å². The van der Waals surface area contributed by atoms with E-state index in [4.69, 9.17) is 10.7 Å². The Morgan fingerprint density at radius 3 is 2.50 bits per heavy atom. The number of benzene rings is 1. The van der Waals surface area contributed by atoms with Crippen LogP contribution in [0.4, 0.5) is 0 Å². The maximum absolute atomic E-state index is 11.2. The molecule has 0 atom stereocenters. The van der Waals surface area contributed by atoms with E-state index in [0.29, 0.717) is 5.52 Å². The normalized spacial score (nSPS) is 11.9. The highest BCUT2D eigenvalue weighted by Gasteiger charge is 2.13. The summed E-state index contributed by atoms with van der Waals surface area (Å²) in [6.07, 6.45) is 0. The summed E-state index contributed by atoms with van der Waals surface area (Å²) < 4.78 is 22.4. The van der Waals surface area contributed by atoms with E-state index in [1.54, 1.807) is 6.07 Å². The quantitative estimate of drug-likeness (QED) is 0.736. The summed E-state index contributed by atoms with van der Waals surface area (Å²) in [5.41, 5.74) is 2.61. The molecule has 0 aliphatic carbocycles. The van der Waals surface area contributed by atoms with Crippen LogP contribution >= 0.6 is 10.7 Å². The second-order valence-electron chi connectivity index (χ2n) is 3.74. The number of nitrogens with zero attached hydrogens (tertiary/aromatic N) is 1. The van der Waals surface area contributed by atoms with Crippen LogP contribution in [0.25, 0.3) is 10.9 Å². The molecule has 0 aliphatic rings. The summed E-state index contributed by atoms with van der Waals surface area (Å²) in [4.78, 5) is 4.03. The molecular formula is C11H10ClNO2S. The summed E-state index contributed by atoms with van der Waals surface area (Å²) >= 11 is 0. The van der Waals surface area contributed by atoms with Gasteiger partial charge in [-0.05, 0) is 37.6 Å². The van der Waals surface area contributed by atoms with Gasteiger partial charge in [0.2, 0.25) is 0 Å². The van der Waals surface area contributed by atoms with Gasteiger partial charge in [-0.15, -0.1) is 0 Å². The highest BCUT2D eigenvalue weighted by Crippen LogP contribution is 2.22. The van der Waals surface area contributed by atoms with Crippen molar-refractivity contribution in [2.24, 2.45) is 0 Å². The first-order valence-electron chi connectivity index (χ1n) is 4.70. The van der Waals surface area contributed by atoms with Crippen LogP contribution in [-0.2, 0) is 9.05 Å². The van der Waals surface area contributed by atoms with Crippen molar-refractivity contribution < 1.29 is 8.42 Å². The first-order valence-corrected chi connectivity index (χ1v) is 7.01. The molecule has 0 fully saturated rings. The summed E-state index contributed by atoms with van der Waals surface area (Å²) in [5.74, 6) is 0. The Balaban J connectivity index is 2.84. The molecule has 0 N–H and O–H groups in total. The van der Waals surface area contributed by atoms with Crippen LogP contribution < -0.4 is 0 Å². The second-order valence-corrected chi connectivity index (χ2v) is 6.25. The molecule has 0 saturated carbocycles. The predicted molar refractivity (Wildman–Crippen MR) is 64.3 cm³/mol. The number of aromatic nitrogens is 1. The van der Waals surface area contributed by atoms with Gasteiger partial charge < -0.3 is 0 Å². The highest BCUT2D eigenvalue weighted by atomic mass is 35.7. The standard InChI is InChI=1S/C11H10ClNO2S/c1-7-3-4-10-9(5-7)8(2)6-11(13-10)16(12,14)15/h3-6H,1-2H3. The van der Waals surface area contributed by atoms with E-state index in [-0.39, 0.29) is 5.03 Å². The third-order valence-electron chi connectivity index (χ3n) is 2.40. The van der Waals surface area contributed by atoms with Crippen molar-refractivity contribution in [3.63, 3.8) is 0 Å². The minimum atomic E-state index is -3.77. The van der Waals surface area contributed by atoms with Gasteiger partial charge in [-0.25, -0.2) is 13.4 Å². The molecule has 0 spiro atoms. The lowest BCUT2D eigenvalue weighted by molar-refractivity contribution is 0.606. The Hall–Kier alpha value is -1.13. The lowest BCUT2D eigenvalue weighted by Gasteiger charge is -2.04. The van der Waals surface area contributed by atoms with Gasteiger partial charge in [0, 0.05) is 16.1 Å². The van der Waals surface area contributed by atoms with Crippen molar-refractivity contribution in [3.8, 4) is 0 Å². The molecule has 84 valence electrons. The van der Waals surface area contributed by atoms with Crippen molar-refractivity contribution in [1.82, 2.24) is 4.98 Å². The molecule has 1 aromatic heterocycles. The number of fused-ring (bicyclic) bond motifs is 1. The molecule has 3 nitrogen and oxygen atoms in total. The minimum Gasteiger partial charge on any atom is -0.235 e. The predicted octanol–water partition coefficient (Wildman–Crippen LogP) is 2.78. The Morgan fingerprint density at radius 2 is 1.88 bits per heavy atom. The van der Waals surface area contributed by atoms with Gasteiger partial charge in [-0.3, -0.25) is 0 Å². The third kappa shape index (κ3) is 2.03. The van der Waals surface area contributed by atoms with Gasteiger partial charge in [0.25, 0.3) is 9.05 Å². The number of rotatable bonds is 1. The zero-order valence-electron chi connectivity index (χ0n) is 8.86. The molecular weight excluding hydrogens is 246 g/mol. The Labute approximate surface area is 98.5 Å². The molecule has 0 aliphatic heterocycles. The number of hydrogen-bond donors (Lipinski definition) is 0. The Bertz CT molecular complexity index is 665. The number of aryl methyl sites for hydroxylation is 2. The van der Waals surface area contributed by atoms with E-state index in [1.807, 2.05) is 26.0 Å². The van der Waals surface area contributed by atoms with Crippen LogP contribution in [0.3, 0.4) is 0 Å². The van der Waals surface area contributed by atoms with E-state index < -0.39 is 9.05 Å². The van der Waals surface area contributed by atoms with E-state index >= 15 is 0 Å². The minimum absolute atomic E-state index is 0.0944. The van der Waals surface area contributed by atoms with E-state index in [9.17, 15) is 8.42 Å². The van der Waals surface area contributed by atoms with E-state index in [0.717, 1.165) is 16.5 Å². The van der Waals surface area contributed by atoms with Gasteiger partial charge >= 0.3 is 0 Å². The fourth-order valence-corrected chi connectivity index (χ4v) is 2.36. The second kappa shape index (κ2) is 3.71. The van der Waals surface area contributed by atoms with Crippen LogP contribution in [0, 0.1) is 13.8 Å². The van der Waals surface area contributed by atoms with Gasteiger partial charge in [-0.2, -0.15) is 0 Å². The highest BCUT2D eigenvalue weighted by molar-refractivity contribution is 8.13. The van der Waals surface area contributed by atoms with E-state index in [1.165, 1.54) is 6.07 Å². The Kier molecular flexibility index (Phi) is 2.64. The van der Waals surface area contributed by atoms with Crippen LogP contribution in [0.5, 0.6) is 0 Å². The topological polar surface area (TPSA) is 47.0 Å². The van der Waals surface area contributed by atoms with Crippen molar-refractivity contribution in [2.45, 2.75) is 18.9 Å². The maximum atomic E-state index is 11.2. The Morgan fingerprint density at radius 1 is 1.19 bits per heavy atom. The molecule has 16 heavy (non-hydrogen) atoms. The lowest BCUT2D eigenvalue weighted by Crippen LogP contribution is -1.97. The zero-order chi connectivity index (χ0) is 11.9. The lowest BCUT2D eigenvalue weighted by atomic mass is 10.1. The van der Waals surface area contributed by atoms with Crippen molar-refractivity contribution in [3.05, 3.63) is 35.4 Å². The molecule has 5 heteroatoms. The largest absolute Gasteiger partial charge is 0.278 e. The SMILES string of the molecule is Cc1ccc2nc(S(=O)(=O)Cl)cc(C)c2c1. The zero-order valence-corrected chi connectivity index (χ0v) is 10.4. The van der Waals surface area contributed by atoms with Gasteiger partial charge in [0.05, 0.1) is 5.52 Å². The van der Waals surface area contributed by atoms with Gasteiger partial charge in [0.15, 0.2) is 5.03 Å². The van der Waals surface area contributed by atoms with Crippen molar-refractivity contribution in [1.29, 1.82) is 0 Å². The van der Waals surface area contributed by atoms with Crippen LogP contribution in [-0.4, -0.2) is 13.4 Å². The third-order valence-corrected chi connectivity index (χ3v) is 3.58. The molecule has 1 aromatic carbocycles. The number of hydrogen-bond acceptors (Lipinski definition) is 3. The van der Waals surface area contributed by atoms with Crippen molar-refractivity contribution in [2.75, 3.05) is 0 Å². The van der Waals surface area contributed by atoms with E-state index in [2.05, 4.69) is 4.98 Å². The fraction of sp³-hybridized carbons (Fsp3) is 0.182. The molecule has 0 unspecified atom stereocenters. The number of halogens is 1. The summed E-state index contributed by atoms with van der Waals surface area (Å²) in [7, 11) is 1.51. The van der Waals surface area contributed by atoms with Crippen LogP contribution in [0.2, 0.25) is 0 Å². The maximum Gasteiger partial charge on any atom is 0.278 e. The molecule has 1 heterocycles. The summed E-state index contributed by atoms with van der Waals surface area (Å²) in [6, 6.07) is 7.15.